The Morgan fingerprint density at radius 1 is 1.53 bits per heavy atom. The van der Waals surface area contributed by atoms with Gasteiger partial charge in [0, 0.05) is 12.7 Å². The van der Waals surface area contributed by atoms with E-state index in [4.69, 9.17) is 0 Å². The number of carbonyl (C=O) groups excluding carboxylic acids is 2. The molecule has 0 fully saturated rings. The zero-order chi connectivity index (χ0) is 13.6. The summed E-state index contributed by atoms with van der Waals surface area (Å²) >= 11 is 4.46. The summed E-state index contributed by atoms with van der Waals surface area (Å²) in [6.07, 6.45) is 0. The quantitative estimate of drug-likeness (QED) is 0.596. The van der Waals surface area contributed by atoms with Crippen molar-refractivity contribution in [3.8, 4) is 0 Å². The highest BCUT2D eigenvalue weighted by molar-refractivity contribution is 8.00. The Labute approximate surface area is 105 Å². The molecule has 0 aliphatic heterocycles. The second-order valence-electron chi connectivity index (χ2n) is 2.95. The Morgan fingerprint density at radius 3 is 2.41 bits per heavy atom. The van der Waals surface area contributed by atoms with Crippen LogP contribution >= 0.6 is 23.4 Å². The van der Waals surface area contributed by atoms with Crippen molar-refractivity contribution in [2.75, 3.05) is 12.9 Å². The first-order chi connectivity index (χ1) is 7.70. The average molecular weight is 294 g/mol. The number of carbonyl (C=O) groups is 2. The number of hydrogen-bond acceptors (Lipinski definition) is 4. The molecule has 9 heteroatoms. The van der Waals surface area contributed by atoms with Crippen LogP contribution in [0.2, 0.25) is 0 Å². The van der Waals surface area contributed by atoms with Crippen LogP contribution in [0, 0.1) is 0 Å². The van der Waals surface area contributed by atoms with E-state index in [1.807, 2.05) is 0 Å². The Balaban J connectivity index is 4.45. The maximum Gasteiger partial charge on any atom is 0.338 e. The fourth-order valence-electron chi connectivity index (χ4n) is 0.814. The number of thioether (sulfide) groups is 1. The van der Waals surface area contributed by atoms with Crippen LogP contribution in [0.25, 0.3) is 0 Å². The number of alkyl halides is 4. The average Bonchev–Trinajstić information content (AvgIpc) is 2.22. The van der Waals surface area contributed by atoms with Crippen LogP contribution in [0.4, 0.5) is 13.2 Å². The lowest BCUT2D eigenvalue weighted by atomic mass is 10.3. The van der Waals surface area contributed by atoms with Gasteiger partial charge in [-0.05, 0) is 0 Å². The molecule has 0 radical (unpaired) electrons. The molecule has 0 heterocycles. The van der Waals surface area contributed by atoms with Gasteiger partial charge in [0.05, 0.1) is 7.11 Å². The van der Waals surface area contributed by atoms with E-state index in [0.29, 0.717) is 0 Å². The van der Waals surface area contributed by atoms with E-state index >= 15 is 0 Å². The largest absolute Gasteiger partial charge is 0.467 e. The smallest absolute Gasteiger partial charge is 0.338 e. The maximum absolute atomic E-state index is 12.8. The first-order valence-electron chi connectivity index (χ1n) is 4.35. The van der Waals surface area contributed by atoms with Gasteiger partial charge in [-0.1, -0.05) is 23.4 Å². The molecule has 0 saturated heterocycles. The lowest BCUT2D eigenvalue weighted by molar-refractivity contribution is -0.144. The number of esters is 1. The molecule has 1 N–H and O–H groups in total. The minimum Gasteiger partial charge on any atom is -0.467 e. The van der Waals surface area contributed by atoms with Crippen molar-refractivity contribution in [1.82, 2.24) is 5.32 Å². The highest BCUT2D eigenvalue weighted by Crippen LogP contribution is 2.36. The minimum absolute atomic E-state index is 0.175. The first kappa shape index (κ1) is 16.4. The van der Waals surface area contributed by atoms with E-state index in [0.717, 1.165) is 14.0 Å². The molecular formula is C8H11ClF3NO3S. The number of rotatable bonds is 6. The zero-order valence-electron chi connectivity index (χ0n) is 9.01. The van der Waals surface area contributed by atoms with Crippen molar-refractivity contribution in [2.24, 2.45) is 0 Å². The second kappa shape index (κ2) is 6.95. The van der Waals surface area contributed by atoms with Crippen LogP contribution in [0.3, 0.4) is 0 Å². The highest BCUT2D eigenvalue weighted by atomic mass is 35.5. The molecule has 0 aliphatic carbocycles. The summed E-state index contributed by atoms with van der Waals surface area (Å²) in [6, 6.07) is -1.27. The van der Waals surface area contributed by atoms with Crippen LogP contribution in [0.15, 0.2) is 0 Å². The van der Waals surface area contributed by atoms with Gasteiger partial charge in [0.2, 0.25) is 11.5 Å². The van der Waals surface area contributed by atoms with Crippen LogP contribution < -0.4 is 5.32 Å². The highest BCUT2D eigenvalue weighted by Gasteiger charge is 2.41. The summed E-state index contributed by atoms with van der Waals surface area (Å²) in [4.78, 5) is 21.8. The van der Waals surface area contributed by atoms with Gasteiger partial charge in [-0.2, -0.15) is 8.78 Å². The molecule has 0 saturated carbocycles. The molecule has 0 bridgehead atoms. The van der Waals surface area contributed by atoms with Gasteiger partial charge in [0.15, 0.2) is 0 Å². The Morgan fingerprint density at radius 2 is 2.06 bits per heavy atom. The molecule has 0 aromatic carbocycles. The molecule has 17 heavy (non-hydrogen) atoms. The fourth-order valence-corrected chi connectivity index (χ4v) is 1.74. The fraction of sp³-hybridized carbons (Fsp3) is 0.750. The predicted octanol–water partition coefficient (Wildman–Crippen LogP) is 1.52. The van der Waals surface area contributed by atoms with Crippen molar-refractivity contribution in [2.45, 2.75) is 23.9 Å². The van der Waals surface area contributed by atoms with E-state index in [2.05, 4.69) is 21.7 Å². The molecule has 0 spiro atoms. The minimum atomic E-state index is -3.84. The summed E-state index contributed by atoms with van der Waals surface area (Å²) in [5.41, 5.74) is -2.87. The molecule has 0 rings (SSSR count). The zero-order valence-corrected chi connectivity index (χ0v) is 10.6. The molecule has 2 atom stereocenters. The number of halogens is 4. The standard InChI is InChI=1S/C8H11ClF3NO3S/c1-4(14)13-5(6(15)16-2)3-17-8(11,12)7(9)10/h5,7H,3H2,1-2H3,(H,13,14)/t5-,7?/m0/s1. The SMILES string of the molecule is COC(=O)[C@H](CSC(F)(F)C(F)Cl)NC(C)=O. The van der Waals surface area contributed by atoms with Crippen LogP contribution in [0.5, 0.6) is 0 Å². The third kappa shape index (κ3) is 6.02. The van der Waals surface area contributed by atoms with E-state index in [1.54, 1.807) is 0 Å². The molecular weight excluding hydrogens is 283 g/mol. The molecule has 1 amide bonds. The molecule has 0 aromatic rings. The molecule has 0 aromatic heterocycles. The molecule has 1 unspecified atom stereocenters. The number of methoxy groups -OCH3 is 1. The van der Waals surface area contributed by atoms with Crippen LogP contribution in [-0.4, -0.2) is 41.7 Å². The monoisotopic (exact) mass is 293 g/mol. The van der Waals surface area contributed by atoms with Gasteiger partial charge in [0.1, 0.15) is 6.04 Å². The summed E-state index contributed by atoms with van der Waals surface area (Å²) in [6.45, 7) is 1.11. The molecule has 100 valence electrons. The number of nitrogens with one attached hydrogen (secondary N) is 1. The van der Waals surface area contributed by atoms with Gasteiger partial charge >= 0.3 is 11.2 Å². The maximum atomic E-state index is 12.8. The van der Waals surface area contributed by atoms with Crippen molar-refractivity contribution in [3.63, 3.8) is 0 Å². The van der Waals surface area contributed by atoms with Crippen molar-refractivity contribution < 1.29 is 27.5 Å². The third-order valence-corrected chi connectivity index (χ3v) is 3.05. The Kier molecular flexibility index (Phi) is 6.69. The lowest BCUT2D eigenvalue weighted by Crippen LogP contribution is -2.43. The third-order valence-electron chi connectivity index (χ3n) is 1.56. The van der Waals surface area contributed by atoms with Crippen molar-refractivity contribution in [1.29, 1.82) is 0 Å². The number of ether oxygens (including phenoxy) is 1. The van der Waals surface area contributed by atoms with E-state index < -0.39 is 34.6 Å². The summed E-state index contributed by atoms with van der Waals surface area (Å²) in [5.74, 6) is -2.03. The van der Waals surface area contributed by atoms with Gasteiger partial charge in [-0.25, -0.2) is 9.18 Å². The van der Waals surface area contributed by atoms with E-state index in [9.17, 15) is 22.8 Å². The van der Waals surface area contributed by atoms with Gasteiger partial charge in [-0.15, -0.1) is 0 Å². The summed E-state index contributed by atoms with van der Waals surface area (Å²) in [7, 11) is 1.04. The van der Waals surface area contributed by atoms with Gasteiger partial charge < -0.3 is 10.1 Å². The second-order valence-corrected chi connectivity index (χ2v) is 4.50. The lowest BCUT2D eigenvalue weighted by Gasteiger charge is -2.19. The summed E-state index contributed by atoms with van der Waals surface area (Å²) < 4.78 is 42.2. The van der Waals surface area contributed by atoms with Gasteiger partial charge in [0.25, 0.3) is 0 Å². The molecule has 4 nitrogen and oxygen atoms in total. The number of amides is 1. The van der Waals surface area contributed by atoms with Gasteiger partial charge in [-0.3, -0.25) is 4.79 Å². The molecule has 0 aliphatic rings. The van der Waals surface area contributed by atoms with Crippen LogP contribution in [0.1, 0.15) is 6.92 Å². The van der Waals surface area contributed by atoms with Crippen molar-refractivity contribution >= 4 is 35.2 Å². The predicted molar refractivity (Wildman–Crippen MR) is 57.8 cm³/mol. The van der Waals surface area contributed by atoms with E-state index in [-0.39, 0.29) is 11.8 Å². The van der Waals surface area contributed by atoms with E-state index in [1.165, 1.54) is 0 Å². The first-order valence-corrected chi connectivity index (χ1v) is 5.77. The normalized spacial score (nSPS) is 14.9. The topological polar surface area (TPSA) is 55.4 Å². The van der Waals surface area contributed by atoms with Crippen LogP contribution in [-0.2, 0) is 14.3 Å². The van der Waals surface area contributed by atoms with Crippen molar-refractivity contribution in [3.05, 3.63) is 0 Å². The Bertz CT molecular complexity index is 291. The summed E-state index contributed by atoms with van der Waals surface area (Å²) in [5, 5.41) is -1.73. The Hall–Kier alpha value is -0.630. The number of hydrogen-bond donors (Lipinski definition) is 1.